The third-order valence-corrected chi connectivity index (χ3v) is 2.56. The van der Waals surface area contributed by atoms with Crippen LogP contribution in [0.15, 0.2) is 36.8 Å². The standard InChI is InChI=1S/C14H14N2O3/c1-10(17)12-4-3-5-13(18-2)14(12)19-9-11-8-15-6-7-16-11/h3-8H,9H2,1-2H3. The molecule has 1 heterocycles. The van der Waals surface area contributed by atoms with Gasteiger partial charge in [-0.25, -0.2) is 0 Å². The highest BCUT2D eigenvalue weighted by Crippen LogP contribution is 2.31. The molecule has 2 rings (SSSR count). The lowest BCUT2D eigenvalue weighted by Crippen LogP contribution is -2.04. The van der Waals surface area contributed by atoms with Gasteiger partial charge in [-0.15, -0.1) is 0 Å². The lowest BCUT2D eigenvalue weighted by atomic mass is 10.1. The maximum atomic E-state index is 11.6. The molecule has 0 fully saturated rings. The number of benzene rings is 1. The molecule has 0 radical (unpaired) electrons. The van der Waals surface area contributed by atoms with Gasteiger partial charge in [0.2, 0.25) is 0 Å². The minimum absolute atomic E-state index is 0.0759. The molecule has 0 aliphatic heterocycles. The van der Waals surface area contributed by atoms with Gasteiger partial charge < -0.3 is 9.47 Å². The molecule has 0 unspecified atom stereocenters. The van der Waals surface area contributed by atoms with E-state index in [1.807, 2.05) is 0 Å². The number of hydrogen-bond acceptors (Lipinski definition) is 5. The fourth-order valence-corrected chi connectivity index (χ4v) is 1.65. The van der Waals surface area contributed by atoms with Gasteiger partial charge in [0.15, 0.2) is 17.3 Å². The number of methoxy groups -OCH3 is 1. The van der Waals surface area contributed by atoms with Crippen molar-refractivity contribution >= 4 is 5.78 Å². The molecule has 5 nitrogen and oxygen atoms in total. The van der Waals surface area contributed by atoms with E-state index < -0.39 is 0 Å². The van der Waals surface area contributed by atoms with Gasteiger partial charge in [-0.2, -0.15) is 0 Å². The van der Waals surface area contributed by atoms with Crippen molar-refractivity contribution in [1.82, 2.24) is 9.97 Å². The van der Waals surface area contributed by atoms with Crippen LogP contribution in [0.3, 0.4) is 0 Å². The van der Waals surface area contributed by atoms with Gasteiger partial charge in [0, 0.05) is 12.4 Å². The Morgan fingerprint density at radius 2 is 2.16 bits per heavy atom. The Labute approximate surface area is 111 Å². The number of para-hydroxylation sites is 1. The molecule has 5 heteroatoms. The van der Waals surface area contributed by atoms with Crippen molar-refractivity contribution in [3.8, 4) is 11.5 Å². The van der Waals surface area contributed by atoms with Gasteiger partial charge in [-0.3, -0.25) is 14.8 Å². The Morgan fingerprint density at radius 3 is 2.79 bits per heavy atom. The summed E-state index contributed by atoms with van der Waals surface area (Å²) < 4.78 is 10.9. The predicted octanol–water partition coefficient (Wildman–Crippen LogP) is 2.27. The molecule has 0 saturated heterocycles. The van der Waals surface area contributed by atoms with Crippen molar-refractivity contribution < 1.29 is 14.3 Å². The first-order chi connectivity index (χ1) is 9.22. The van der Waals surface area contributed by atoms with Crippen LogP contribution in [0, 0.1) is 0 Å². The highest BCUT2D eigenvalue weighted by atomic mass is 16.5. The van der Waals surface area contributed by atoms with Crippen LogP contribution >= 0.6 is 0 Å². The number of Topliss-reactive ketones (excluding diaryl/α,β-unsaturated/α-hetero) is 1. The summed E-state index contributed by atoms with van der Waals surface area (Å²) in [6, 6.07) is 5.21. The maximum Gasteiger partial charge on any atom is 0.172 e. The van der Waals surface area contributed by atoms with Gasteiger partial charge in [0.05, 0.1) is 24.6 Å². The Hall–Kier alpha value is -2.43. The molecule has 0 N–H and O–H groups in total. The molecule has 0 saturated carbocycles. The van der Waals surface area contributed by atoms with Crippen molar-refractivity contribution in [2.45, 2.75) is 13.5 Å². The SMILES string of the molecule is COc1cccc(C(C)=O)c1OCc1cnccn1. The zero-order chi connectivity index (χ0) is 13.7. The summed E-state index contributed by atoms with van der Waals surface area (Å²) >= 11 is 0. The zero-order valence-corrected chi connectivity index (χ0v) is 10.8. The summed E-state index contributed by atoms with van der Waals surface area (Å²) in [5.74, 6) is 0.882. The van der Waals surface area contributed by atoms with E-state index in [1.165, 1.54) is 14.0 Å². The molecule has 19 heavy (non-hydrogen) atoms. The summed E-state index contributed by atoms with van der Waals surface area (Å²) in [6.45, 7) is 1.72. The molecular formula is C14H14N2O3. The largest absolute Gasteiger partial charge is 0.493 e. The zero-order valence-electron chi connectivity index (χ0n) is 10.8. The number of ketones is 1. The molecule has 2 aromatic rings. The Morgan fingerprint density at radius 1 is 1.32 bits per heavy atom. The van der Waals surface area contributed by atoms with Crippen molar-refractivity contribution in [3.63, 3.8) is 0 Å². The first kappa shape index (κ1) is 13.0. The van der Waals surface area contributed by atoms with E-state index in [4.69, 9.17) is 9.47 Å². The number of aromatic nitrogens is 2. The van der Waals surface area contributed by atoms with Crippen LogP contribution in [-0.2, 0) is 6.61 Å². The predicted molar refractivity (Wildman–Crippen MR) is 69.4 cm³/mol. The van der Waals surface area contributed by atoms with E-state index in [9.17, 15) is 4.79 Å². The first-order valence-corrected chi connectivity index (χ1v) is 5.78. The maximum absolute atomic E-state index is 11.6. The van der Waals surface area contributed by atoms with E-state index in [0.717, 1.165) is 0 Å². The Bertz CT molecular complexity index is 570. The normalized spacial score (nSPS) is 10.0. The minimum atomic E-state index is -0.0759. The summed E-state index contributed by atoms with van der Waals surface area (Å²) in [5, 5.41) is 0. The lowest BCUT2D eigenvalue weighted by molar-refractivity contribution is 0.101. The van der Waals surface area contributed by atoms with Gasteiger partial charge in [0.1, 0.15) is 6.61 Å². The van der Waals surface area contributed by atoms with Crippen molar-refractivity contribution in [2.24, 2.45) is 0 Å². The summed E-state index contributed by atoms with van der Waals surface area (Å²) in [7, 11) is 1.54. The van der Waals surface area contributed by atoms with E-state index >= 15 is 0 Å². The molecule has 98 valence electrons. The quantitative estimate of drug-likeness (QED) is 0.770. The van der Waals surface area contributed by atoms with E-state index in [1.54, 1.807) is 36.8 Å². The fourth-order valence-electron chi connectivity index (χ4n) is 1.65. The van der Waals surface area contributed by atoms with Crippen molar-refractivity contribution in [3.05, 3.63) is 48.0 Å². The number of ether oxygens (including phenoxy) is 2. The molecule has 0 aliphatic rings. The third kappa shape index (κ3) is 3.07. The molecule has 0 aliphatic carbocycles. The van der Waals surface area contributed by atoms with E-state index in [-0.39, 0.29) is 12.4 Å². The topological polar surface area (TPSA) is 61.3 Å². The van der Waals surface area contributed by atoms with Crippen LogP contribution in [0.1, 0.15) is 23.0 Å². The molecule has 0 amide bonds. The first-order valence-electron chi connectivity index (χ1n) is 5.78. The van der Waals surface area contributed by atoms with Crippen molar-refractivity contribution in [1.29, 1.82) is 0 Å². The number of carbonyl (C=O) groups is 1. The third-order valence-electron chi connectivity index (χ3n) is 2.56. The molecular weight excluding hydrogens is 244 g/mol. The smallest absolute Gasteiger partial charge is 0.172 e. The van der Waals surface area contributed by atoms with Crippen LogP contribution in [-0.4, -0.2) is 22.9 Å². The second kappa shape index (κ2) is 5.95. The number of hydrogen-bond donors (Lipinski definition) is 0. The Kier molecular flexibility index (Phi) is 4.07. The van der Waals surface area contributed by atoms with Crippen LogP contribution < -0.4 is 9.47 Å². The molecule has 1 aromatic heterocycles. The monoisotopic (exact) mass is 258 g/mol. The second-order valence-electron chi connectivity index (χ2n) is 3.88. The fraction of sp³-hybridized carbons (Fsp3) is 0.214. The second-order valence-corrected chi connectivity index (χ2v) is 3.88. The average Bonchev–Trinajstić information content (AvgIpc) is 2.45. The number of carbonyl (C=O) groups excluding carboxylic acids is 1. The summed E-state index contributed by atoms with van der Waals surface area (Å²) in [5.41, 5.74) is 1.17. The van der Waals surface area contributed by atoms with E-state index in [0.29, 0.717) is 22.8 Å². The van der Waals surface area contributed by atoms with E-state index in [2.05, 4.69) is 9.97 Å². The highest BCUT2D eigenvalue weighted by molar-refractivity contribution is 5.97. The van der Waals surface area contributed by atoms with Gasteiger partial charge in [-0.05, 0) is 19.1 Å². The van der Waals surface area contributed by atoms with Gasteiger partial charge in [0.25, 0.3) is 0 Å². The average molecular weight is 258 g/mol. The molecule has 0 spiro atoms. The van der Waals surface area contributed by atoms with Gasteiger partial charge >= 0.3 is 0 Å². The van der Waals surface area contributed by atoms with Crippen LogP contribution in [0.4, 0.5) is 0 Å². The van der Waals surface area contributed by atoms with Crippen molar-refractivity contribution in [2.75, 3.05) is 7.11 Å². The summed E-state index contributed by atoms with van der Waals surface area (Å²) in [6.07, 6.45) is 4.79. The van der Waals surface area contributed by atoms with Crippen LogP contribution in [0.2, 0.25) is 0 Å². The van der Waals surface area contributed by atoms with Crippen LogP contribution in [0.5, 0.6) is 11.5 Å². The summed E-state index contributed by atoms with van der Waals surface area (Å²) in [4.78, 5) is 19.6. The minimum Gasteiger partial charge on any atom is -0.493 e. The lowest BCUT2D eigenvalue weighted by Gasteiger charge is -2.13. The number of rotatable bonds is 5. The van der Waals surface area contributed by atoms with Gasteiger partial charge in [-0.1, -0.05) is 6.07 Å². The highest BCUT2D eigenvalue weighted by Gasteiger charge is 2.14. The molecule has 0 atom stereocenters. The molecule has 0 bridgehead atoms. The Balaban J connectivity index is 2.25. The van der Waals surface area contributed by atoms with Crippen LogP contribution in [0.25, 0.3) is 0 Å². The number of nitrogens with zero attached hydrogens (tertiary/aromatic N) is 2. The molecule has 1 aromatic carbocycles.